The number of benzene rings is 1. The van der Waals surface area contributed by atoms with Crippen molar-refractivity contribution in [1.29, 1.82) is 0 Å². The SMILES string of the molecule is CCC(CC)(CO)CNC(=O)c1cccc(O)c1O. The second-order valence-corrected chi connectivity index (χ2v) is 4.72. The van der Waals surface area contributed by atoms with Crippen molar-refractivity contribution in [3.63, 3.8) is 0 Å². The molecule has 5 heteroatoms. The summed E-state index contributed by atoms with van der Waals surface area (Å²) in [7, 11) is 0. The minimum atomic E-state index is -0.465. The van der Waals surface area contributed by atoms with Gasteiger partial charge in [-0.25, -0.2) is 0 Å². The lowest BCUT2D eigenvalue weighted by atomic mass is 9.83. The molecule has 106 valence electrons. The Labute approximate surface area is 112 Å². The summed E-state index contributed by atoms with van der Waals surface area (Å²) < 4.78 is 0. The van der Waals surface area contributed by atoms with Crippen LogP contribution in [0.25, 0.3) is 0 Å². The van der Waals surface area contributed by atoms with Crippen LogP contribution in [0.3, 0.4) is 0 Å². The van der Waals surface area contributed by atoms with E-state index in [1.165, 1.54) is 18.2 Å². The fraction of sp³-hybridized carbons (Fsp3) is 0.500. The molecule has 0 unspecified atom stereocenters. The van der Waals surface area contributed by atoms with Crippen molar-refractivity contribution in [3.05, 3.63) is 23.8 Å². The van der Waals surface area contributed by atoms with Gasteiger partial charge in [0.2, 0.25) is 0 Å². The van der Waals surface area contributed by atoms with Gasteiger partial charge in [-0.3, -0.25) is 4.79 Å². The number of phenolic OH excluding ortho intramolecular Hbond substituents is 2. The van der Waals surface area contributed by atoms with Crippen molar-refractivity contribution in [2.45, 2.75) is 26.7 Å². The summed E-state index contributed by atoms with van der Waals surface area (Å²) in [4.78, 5) is 11.9. The summed E-state index contributed by atoms with van der Waals surface area (Å²) in [6.45, 7) is 4.23. The first-order valence-corrected chi connectivity index (χ1v) is 6.39. The number of amides is 1. The van der Waals surface area contributed by atoms with Crippen LogP contribution in [-0.4, -0.2) is 34.4 Å². The average Bonchev–Trinajstić information content (AvgIpc) is 2.44. The van der Waals surface area contributed by atoms with Gasteiger partial charge in [-0.05, 0) is 25.0 Å². The van der Waals surface area contributed by atoms with Gasteiger partial charge in [-0.1, -0.05) is 19.9 Å². The highest BCUT2D eigenvalue weighted by Crippen LogP contribution is 2.29. The number of para-hydroxylation sites is 1. The molecule has 0 heterocycles. The summed E-state index contributed by atoms with van der Waals surface area (Å²) in [6.07, 6.45) is 1.48. The number of hydrogen-bond acceptors (Lipinski definition) is 4. The summed E-state index contributed by atoms with van der Waals surface area (Å²) in [5.74, 6) is -1.22. The van der Waals surface area contributed by atoms with E-state index < -0.39 is 11.7 Å². The van der Waals surface area contributed by atoms with Crippen molar-refractivity contribution in [3.8, 4) is 11.5 Å². The molecule has 0 saturated carbocycles. The number of rotatable bonds is 6. The average molecular weight is 267 g/mol. The van der Waals surface area contributed by atoms with Gasteiger partial charge in [0.1, 0.15) is 0 Å². The van der Waals surface area contributed by atoms with E-state index >= 15 is 0 Å². The van der Waals surface area contributed by atoms with Gasteiger partial charge in [-0.15, -0.1) is 0 Å². The lowest BCUT2D eigenvalue weighted by Gasteiger charge is -2.29. The Balaban J connectivity index is 2.78. The van der Waals surface area contributed by atoms with Crippen molar-refractivity contribution < 1.29 is 20.1 Å². The smallest absolute Gasteiger partial charge is 0.255 e. The van der Waals surface area contributed by atoms with Crippen LogP contribution in [0.2, 0.25) is 0 Å². The maximum absolute atomic E-state index is 11.9. The second-order valence-electron chi connectivity index (χ2n) is 4.72. The lowest BCUT2D eigenvalue weighted by molar-refractivity contribution is 0.0848. The van der Waals surface area contributed by atoms with Gasteiger partial charge in [0.05, 0.1) is 12.2 Å². The Morgan fingerprint density at radius 2 is 1.89 bits per heavy atom. The molecule has 1 amide bonds. The zero-order chi connectivity index (χ0) is 14.5. The van der Waals surface area contributed by atoms with E-state index in [2.05, 4.69) is 5.32 Å². The highest BCUT2D eigenvalue weighted by atomic mass is 16.3. The van der Waals surface area contributed by atoms with Gasteiger partial charge in [-0.2, -0.15) is 0 Å². The molecule has 1 aromatic carbocycles. The molecule has 0 aliphatic heterocycles. The molecule has 1 rings (SSSR count). The number of aromatic hydroxyl groups is 2. The Hall–Kier alpha value is -1.75. The van der Waals surface area contributed by atoms with Crippen molar-refractivity contribution in [1.82, 2.24) is 5.32 Å². The molecule has 1 aromatic rings. The lowest BCUT2D eigenvalue weighted by Crippen LogP contribution is -2.39. The zero-order valence-electron chi connectivity index (χ0n) is 11.3. The van der Waals surface area contributed by atoms with Crippen LogP contribution in [0.5, 0.6) is 11.5 Å². The fourth-order valence-electron chi connectivity index (χ4n) is 1.86. The third kappa shape index (κ3) is 3.38. The number of carbonyl (C=O) groups is 1. The van der Waals surface area contributed by atoms with Crippen molar-refractivity contribution in [2.24, 2.45) is 5.41 Å². The summed E-state index contributed by atoms with van der Waals surface area (Å²) in [6, 6.07) is 4.23. The molecule has 0 radical (unpaired) electrons. The number of aliphatic hydroxyl groups excluding tert-OH is 1. The van der Waals surface area contributed by atoms with Crippen LogP contribution < -0.4 is 5.32 Å². The summed E-state index contributed by atoms with van der Waals surface area (Å²) >= 11 is 0. The van der Waals surface area contributed by atoms with E-state index in [1.807, 2.05) is 13.8 Å². The molecule has 4 N–H and O–H groups in total. The monoisotopic (exact) mass is 267 g/mol. The third-order valence-electron chi connectivity index (χ3n) is 3.72. The molecule has 0 saturated heterocycles. The van der Waals surface area contributed by atoms with Gasteiger partial charge >= 0.3 is 0 Å². The molecular formula is C14H21NO4. The highest BCUT2D eigenvalue weighted by molar-refractivity contribution is 5.97. The molecule has 0 spiro atoms. The van der Waals surface area contributed by atoms with Crippen LogP contribution in [0.15, 0.2) is 18.2 Å². The predicted molar refractivity (Wildman–Crippen MR) is 72.2 cm³/mol. The Morgan fingerprint density at radius 1 is 1.26 bits per heavy atom. The topological polar surface area (TPSA) is 89.8 Å². The van der Waals surface area contributed by atoms with Crippen LogP contribution in [0, 0.1) is 5.41 Å². The van der Waals surface area contributed by atoms with E-state index in [0.717, 1.165) is 12.8 Å². The maximum atomic E-state index is 11.9. The highest BCUT2D eigenvalue weighted by Gasteiger charge is 2.26. The number of nitrogens with one attached hydrogen (secondary N) is 1. The second kappa shape index (κ2) is 6.43. The first-order chi connectivity index (χ1) is 8.99. The minimum absolute atomic E-state index is 0.00764. The minimum Gasteiger partial charge on any atom is -0.504 e. The number of carbonyl (C=O) groups excluding carboxylic acids is 1. The molecule has 0 aliphatic rings. The fourth-order valence-corrected chi connectivity index (χ4v) is 1.86. The Bertz CT molecular complexity index is 433. The molecule has 0 aromatic heterocycles. The Kier molecular flexibility index (Phi) is 5.18. The van der Waals surface area contributed by atoms with E-state index in [1.54, 1.807) is 0 Å². The molecule has 0 fully saturated rings. The van der Waals surface area contributed by atoms with Crippen LogP contribution in [0.1, 0.15) is 37.0 Å². The molecular weight excluding hydrogens is 246 g/mol. The van der Waals surface area contributed by atoms with E-state index in [9.17, 15) is 20.1 Å². The standard InChI is InChI=1S/C14H21NO4/c1-3-14(4-2,9-16)8-15-13(19)10-6-5-7-11(17)12(10)18/h5-7,16-18H,3-4,8-9H2,1-2H3,(H,15,19). The van der Waals surface area contributed by atoms with E-state index in [4.69, 9.17) is 0 Å². The van der Waals surface area contributed by atoms with Gasteiger partial charge in [0.15, 0.2) is 11.5 Å². The van der Waals surface area contributed by atoms with Crippen molar-refractivity contribution in [2.75, 3.05) is 13.2 Å². The summed E-state index contributed by atoms with van der Waals surface area (Å²) in [5.41, 5.74) is -0.318. The number of phenols is 2. The number of aliphatic hydroxyl groups is 1. The molecule has 0 atom stereocenters. The first-order valence-electron chi connectivity index (χ1n) is 6.39. The first kappa shape index (κ1) is 15.3. The molecule has 5 nitrogen and oxygen atoms in total. The van der Waals surface area contributed by atoms with Gasteiger partial charge in [0, 0.05) is 12.0 Å². The third-order valence-corrected chi connectivity index (χ3v) is 3.72. The van der Waals surface area contributed by atoms with Crippen LogP contribution in [0.4, 0.5) is 0 Å². The van der Waals surface area contributed by atoms with E-state index in [0.29, 0.717) is 6.54 Å². The summed E-state index contributed by atoms with van der Waals surface area (Å²) in [5, 5.41) is 31.1. The number of hydrogen-bond donors (Lipinski definition) is 4. The van der Waals surface area contributed by atoms with Gasteiger partial charge < -0.3 is 20.6 Å². The Morgan fingerprint density at radius 3 is 2.42 bits per heavy atom. The van der Waals surface area contributed by atoms with Crippen molar-refractivity contribution >= 4 is 5.91 Å². The maximum Gasteiger partial charge on any atom is 0.255 e. The molecule has 0 bridgehead atoms. The van der Waals surface area contributed by atoms with Crippen LogP contribution in [-0.2, 0) is 0 Å². The molecule has 19 heavy (non-hydrogen) atoms. The predicted octanol–water partition coefficient (Wildman–Crippen LogP) is 1.63. The molecule has 0 aliphatic carbocycles. The zero-order valence-corrected chi connectivity index (χ0v) is 11.3. The van der Waals surface area contributed by atoms with Crippen LogP contribution >= 0.6 is 0 Å². The quantitative estimate of drug-likeness (QED) is 0.590. The normalized spacial score (nSPS) is 11.3. The van der Waals surface area contributed by atoms with E-state index in [-0.39, 0.29) is 23.3 Å². The largest absolute Gasteiger partial charge is 0.504 e. The van der Waals surface area contributed by atoms with Gasteiger partial charge in [0.25, 0.3) is 5.91 Å².